The van der Waals surface area contributed by atoms with E-state index in [2.05, 4.69) is 6.58 Å². The number of aliphatic hydroxyl groups excluding tert-OH is 1. The first kappa shape index (κ1) is 10.2. The molecule has 2 heteroatoms. The summed E-state index contributed by atoms with van der Waals surface area (Å²) in [5, 5.41) is 9.84. The van der Waals surface area contributed by atoms with Crippen molar-refractivity contribution in [1.29, 1.82) is 0 Å². The molecule has 1 N–H and O–H groups in total. The van der Waals surface area contributed by atoms with Gasteiger partial charge in [0.05, 0.1) is 6.10 Å². The molecule has 0 bridgehead atoms. The molecule has 2 nitrogen and oxygen atoms in total. The molecule has 0 saturated carbocycles. The molecule has 0 radical (unpaired) electrons. The first-order valence-corrected chi connectivity index (χ1v) is 5.36. The molecule has 1 aromatic carbocycles. The van der Waals surface area contributed by atoms with Gasteiger partial charge in [-0.1, -0.05) is 24.8 Å². The van der Waals surface area contributed by atoms with E-state index in [1.807, 2.05) is 18.2 Å². The van der Waals surface area contributed by atoms with Crippen molar-refractivity contribution < 1.29 is 9.84 Å². The highest BCUT2D eigenvalue weighted by Gasteiger charge is 2.20. The Morgan fingerprint density at radius 1 is 1.53 bits per heavy atom. The number of hydrogen-bond donors (Lipinski definition) is 1. The van der Waals surface area contributed by atoms with Crippen LogP contribution in [0.1, 0.15) is 30.1 Å². The van der Waals surface area contributed by atoms with Gasteiger partial charge in [-0.05, 0) is 36.5 Å². The summed E-state index contributed by atoms with van der Waals surface area (Å²) in [6, 6.07) is 5.88. The van der Waals surface area contributed by atoms with Crippen LogP contribution in [0.15, 0.2) is 30.9 Å². The fourth-order valence-corrected chi connectivity index (χ4v) is 2.07. The highest BCUT2D eigenvalue weighted by molar-refractivity contribution is 5.42. The Labute approximate surface area is 90.2 Å². The average Bonchev–Trinajstić information content (AvgIpc) is 2.27. The summed E-state index contributed by atoms with van der Waals surface area (Å²) in [5.74, 6) is 0.895. The molecule has 0 fully saturated rings. The molecule has 1 atom stereocenters. The molecule has 0 aromatic heterocycles. The number of hydrogen-bond acceptors (Lipinski definition) is 2. The van der Waals surface area contributed by atoms with E-state index in [1.54, 1.807) is 6.08 Å². The summed E-state index contributed by atoms with van der Waals surface area (Å²) in [4.78, 5) is 0. The molecule has 0 amide bonds. The Morgan fingerprint density at radius 2 is 2.40 bits per heavy atom. The second-order valence-corrected chi connectivity index (χ2v) is 3.83. The van der Waals surface area contributed by atoms with E-state index in [4.69, 9.17) is 4.74 Å². The lowest BCUT2D eigenvalue weighted by molar-refractivity contribution is 0.155. The molecular weight excluding hydrogens is 188 g/mol. The average molecular weight is 204 g/mol. The van der Waals surface area contributed by atoms with Crippen LogP contribution in [0.5, 0.6) is 5.75 Å². The third kappa shape index (κ3) is 2.05. The molecule has 0 spiro atoms. The van der Waals surface area contributed by atoms with E-state index >= 15 is 0 Å². The minimum absolute atomic E-state index is 0.318. The second kappa shape index (κ2) is 4.49. The number of ether oxygens (including phenoxy) is 1. The highest BCUT2D eigenvalue weighted by Crippen LogP contribution is 2.35. The zero-order chi connectivity index (χ0) is 10.7. The van der Waals surface area contributed by atoms with Gasteiger partial charge in [0.1, 0.15) is 12.4 Å². The smallest absolute Gasteiger partial charge is 0.123 e. The Kier molecular flexibility index (Phi) is 3.07. The Hall–Kier alpha value is -1.28. The maximum atomic E-state index is 9.84. The number of aliphatic hydroxyl groups is 1. The summed E-state index contributed by atoms with van der Waals surface area (Å²) < 4.78 is 5.57. The quantitative estimate of drug-likeness (QED) is 0.767. The lowest BCUT2D eigenvalue weighted by Gasteiger charge is -2.23. The van der Waals surface area contributed by atoms with Crippen molar-refractivity contribution in [1.82, 2.24) is 0 Å². The van der Waals surface area contributed by atoms with Crippen molar-refractivity contribution in [2.75, 3.05) is 6.61 Å². The monoisotopic (exact) mass is 204 g/mol. The van der Waals surface area contributed by atoms with E-state index in [9.17, 15) is 5.11 Å². The van der Waals surface area contributed by atoms with Crippen LogP contribution in [-0.4, -0.2) is 11.7 Å². The SMILES string of the molecule is C=CCOc1cccc2c1CCCC2O. The molecule has 0 aliphatic heterocycles. The first-order valence-electron chi connectivity index (χ1n) is 5.36. The van der Waals surface area contributed by atoms with Gasteiger partial charge in [0.15, 0.2) is 0 Å². The summed E-state index contributed by atoms with van der Waals surface area (Å²) in [6.45, 7) is 4.15. The van der Waals surface area contributed by atoms with Gasteiger partial charge in [-0.2, -0.15) is 0 Å². The van der Waals surface area contributed by atoms with E-state index < -0.39 is 0 Å². The molecule has 0 heterocycles. The summed E-state index contributed by atoms with van der Waals surface area (Å²) in [7, 11) is 0. The van der Waals surface area contributed by atoms with Crippen molar-refractivity contribution in [2.24, 2.45) is 0 Å². The molecular formula is C13H16O2. The normalized spacial score (nSPS) is 19.4. The predicted molar refractivity (Wildman–Crippen MR) is 60.0 cm³/mol. The Morgan fingerprint density at radius 3 is 3.20 bits per heavy atom. The van der Waals surface area contributed by atoms with Gasteiger partial charge in [0.2, 0.25) is 0 Å². The second-order valence-electron chi connectivity index (χ2n) is 3.83. The van der Waals surface area contributed by atoms with Crippen molar-refractivity contribution in [3.05, 3.63) is 42.0 Å². The van der Waals surface area contributed by atoms with Crippen molar-refractivity contribution in [3.8, 4) is 5.75 Å². The molecule has 1 aromatic rings. The van der Waals surface area contributed by atoms with Crippen LogP contribution in [-0.2, 0) is 6.42 Å². The van der Waals surface area contributed by atoms with Crippen LogP contribution in [0.25, 0.3) is 0 Å². The van der Waals surface area contributed by atoms with Crippen LogP contribution in [0.3, 0.4) is 0 Å². The van der Waals surface area contributed by atoms with Crippen LogP contribution in [0.2, 0.25) is 0 Å². The van der Waals surface area contributed by atoms with Crippen LogP contribution >= 0.6 is 0 Å². The van der Waals surface area contributed by atoms with Gasteiger partial charge in [0.25, 0.3) is 0 Å². The first-order chi connectivity index (χ1) is 7.33. The fraction of sp³-hybridized carbons (Fsp3) is 0.385. The molecule has 1 unspecified atom stereocenters. The minimum atomic E-state index is -0.318. The fourth-order valence-electron chi connectivity index (χ4n) is 2.07. The maximum absolute atomic E-state index is 9.84. The molecule has 2 rings (SSSR count). The topological polar surface area (TPSA) is 29.5 Å². The van der Waals surface area contributed by atoms with Crippen molar-refractivity contribution >= 4 is 0 Å². The zero-order valence-electron chi connectivity index (χ0n) is 8.78. The van der Waals surface area contributed by atoms with E-state index in [0.717, 1.165) is 36.1 Å². The molecule has 1 aliphatic rings. The highest BCUT2D eigenvalue weighted by atomic mass is 16.5. The van der Waals surface area contributed by atoms with Gasteiger partial charge >= 0.3 is 0 Å². The Bertz CT molecular complexity index is 358. The summed E-state index contributed by atoms with van der Waals surface area (Å²) in [6.07, 6.45) is 4.31. The Balaban J connectivity index is 2.31. The molecule has 15 heavy (non-hydrogen) atoms. The number of benzene rings is 1. The van der Waals surface area contributed by atoms with Crippen LogP contribution in [0, 0.1) is 0 Å². The lowest BCUT2D eigenvalue weighted by atomic mass is 9.89. The van der Waals surface area contributed by atoms with Crippen LogP contribution < -0.4 is 4.74 Å². The lowest BCUT2D eigenvalue weighted by Crippen LogP contribution is -2.11. The van der Waals surface area contributed by atoms with Gasteiger partial charge in [0, 0.05) is 0 Å². The molecule has 1 aliphatic carbocycles. The third-order valence-corrected chi connectivity index (χ3v) is 2.79. The van der Waals surface area contributed by atoms with E-state index in [0.29, 0.717) is 6.61 Å². The predicted octanol–water partition coefficient (Wildman–Crippen LogP) is 2.62. The molecule has 0 saturated heterocycles. The third-order valence-electron chi connectivity index (χ3n) is 2.79. The standard InChI is InChI=1S/C13H16O2/c1-2-9-15-13-8-4-5-10-11(13)6-3-7-12(10)14/h2,4-5,8,12,14H,1,3,6-7,9H2. The van der Waals surface area contributed by atoms with Crippen molar-refractivity contribution in [2.45, 2.75) is 25.4 Å². The largest absolute Gasteiger partial charge is 0.489 e. The maximum Gasteiger partial charge on any atom is 0.123 e. The van der Waals surface area contributed by atoms with Crippen LogP contribution in [0.4, 0.5) is 0 Å². The zero-order valence-corrected chi connectivity index (χ0v) is 8.78. The van der Waals surface area contributed by atoms with Gasteiger partial charge in [-0.3, -0.25) is 0 Å². The van der Waals surface area contributed by atoms with Gasteiger partial charge < -0.3 is 9.84 Å². The minimum Gasteiger partial charge on any atom is -0.489 e. The number of fused-ring (bicyclic) bond motifs is 1. The van der Waals surface area contributed by atoms with E-state index in [1.165, 1.54) is 0 Å². The number of rotatable bonds is 3. The van der Waals surface area contributed by atoms with Gasteiger partial charge in [-0.25, -0.2) is 0 Å². The van der Waals surface area contributed by atoms with Gasteiger partial charge in [-0.15, -0.1) is 0 Å². The summed E-state index contributed by atoms with van der Waals surface area (Å²) >= 11 is 0. The summed E-state index contributed by atoms with van der Waals surface area (Å²) in [5.41, 5.74) is 2.20. The van der Waals surface area contributed by atoms with E-state index in [-0.39, 0.29) is 6.10 Å². The molecule has 80 valence electrons. The van der Waals surface area contributed by atoms with Crippen molar-refractivity contribution in [3.63, 3.8) is 0 Å².